The second-order valence-electron chi connectivity index (χ2n) is 12.5. The molecule has 3 aromatic rings. The van der Waals surface area contributed by atoms with Crippen LogP contribution in [-0.4, -0.2) is 29.4 Å². The van der Waals surface area contributed by atoms with Crippen LogP contribution < -0.4 is 14.2 Å². The van der Waals surface area contributed by atoms with Crippen LogP contribution in [0.3, 0.4) is 0 Å². The topological polar surface area (TPSA) is 91.0 Å². The molecule has 2 aliphatic rings. The normalized spacial score (nSPS) is 18.4. The Labute approximate surface area is 247 Å². The highest BCUT2D eigenvalue weighted by molar-refractivity contribution is 7.59. The Balaban J connectivity index is 0.00000387. The lowest BCUT2D eigenvalue weighted by atomic mass is 9.71. The molecule has 0 radical (unpaired) electrons. The number of ether oxygens (including phenoxy) is 3. The molecule has 1 aromatic heterocycles. The van der Waals surface area contributed by atoms with Crippen molar-refractivity contribution in [2.75, 3.05) is 7.11 Å². The van der Waals surface area contributed by atoms with Crippen LogP contribution in [0.1, 0.15) is 77.0 Å². The molecule has 2 aliphatic carbocycles. The lowest BCUT2D eigenvalue weighted by Gasteiger charge is -2.33. The summed E-state index contributed by atoms with van der Waals surface area (Å²) in [5.41, 5.74) is 1.69. The van der Waals surface area contributed by atoms with Gasteiger partial charge in [0.15, 0.2) is 11.4 Å². The number of aromatic nitrogens is 1. The van der Waals surface area contributed by atoms with Crippen LogP contribution in [0.5, 0.6) is 17.2 Å². The summed E-state index contributed by atoms with van der Waals surface area (Å²) in [5, 5.41) is 13.6. The molecule has 0 unspecified atom stereocenters. The Morgan fingerprint density at radius 3 is 2.44 bits per heavy atom. The van der Waals surface area contributed by atoms with Crippen LogP contribution in [0.15, 0.2) is 47.0 Å². The molecule has 7 nitrogen and oxygen atoms in total. The summed E-state index contributed by atoms with van der Waals surface area (Å²) in [4.78, 5) is 11.5. The zero-order chi connectivity index (χ0) is 28.7. The molecule has 1 atom stereocenters. The summed E-state index contributed by atoms with van der Waals surface area (Å²) in [6.45, 7) is 9.00. The van der Waals surface area contributed by atoms with Crippen LogP contribution in [0.2, 0.25) is 0 Å². The van der Waals surface area contributed by atoms with Crippen molar-refractivity contribution in [2.45, 2.75) is 78.4 Å². The summed E-state index contributed by atoms with van der Waals surface area (Å²) in [5.74, 6) is 0.723. The van der Waals surface area contributed by atoms with Crippen molar-refractivity contribution in [2.24, 2.45) is 16.7 Å². The molecule has 2 saturated carbocycles. The Hall–Kier alpha value is -3.20. The summed E-state index contributed by atoms with van der Waals surface area (Å²) >= 11 is 0. The fraction of sp³-hybridized carbons (Fsp3) is 0.500. The van der Waals surface area contributed by atoms with Gasteiger partial charge in [0.25, 0.3) is 0 Å². The molecule has 5 rings (SSSR count). The quantitative estimate of drug-likeness (QED) is 0.246. The molecular weight excluding hydrogens is 545 g/mol. The number of nitrogens with zero attached hydrogens (tertiary/aromatic N) is 1. The Kier molecular flexibility index (Phi) is 8.97. The highest BCUT2D eigenvalue weighted by Gasteiger charge is 2.48. The molecule has 41 heavy (non-hydrogen) atoms. The number of halogens is 1. The number of benzene rings is 2. The van der Waals surface area contributed by atoms with Crippen molar-refractivity contribution in [3.63, 3.8) is 0 Å². The molecule has 9 heteroatoms. The molecular formula is C32H40FNO6S. The van der Waals surface area contributed by atoms with E-state index in [4.69, 9.17) is 18.7 Å². The van der Waals surface area contributed by atoms with Gasteiger partial charge in [-0.2, -0.15) is 13.5 Å². The van der Waals surface area contributed by atoms with Gasteiger partial charge in [-0.15, -0.1) is 0 Å². The predicted molar refractivity (Wildman–Crippen MR) is 159 cm³/mol. The van der Waals surface area contributed by atoms with Gasteiger partial charge in [-0.3, -0.25) is 4.79 Å². The number of hydrogen-bond acceptors (Lipinski definition) is 6. The van der Waals surface area contributed by atoms with Gasteiger partial charge in [0.05, 0.1) is 19.1 Å². The zero-order valence-corrected chi connectivity index (χ0v) is 25.3. The van der Waals surface area contributed by atoms with E-state index in [1.807, 2.05) is 24.3 Å². The fourth-order valence-corrected chi connectivity index (χ4v) is 5.75. The number of aliphatic carboxylic acids is 1. The molecule has 222 valence electrons. The van der Waals surface area contributed by atoms with Crippen molar-refractivity contribution in [1.29, 1.82) is 0 Å². The molecule has 0 amide bonds. The van der Waals surface area contributed by atoms with Gasteiger partial charge in [0.2, 0.25) is 5.76 Å². The summed E-state index contributed by atoms with van der Waals surface area (Å²) < 4.78 is 38.7. The second-order valence-corrected chi connectivity index (χ2v) is 12.5. The van der Waals surface area contributed by atoms with Crippen molar-refractivity contribution < 1.29 is 33.0 Å². The first-order chi connectivity index (χ1) is 19.0. The fourth-order valence-electron chi connectivity index (χ4n) is 5.75. The third-order valence-electron chi connectivity index (χ3n) is 8.97. The number of carboxylic acids is 1. The predicted octanol–water partition coefficient (Wildman–Crippen LogP) is 7.74. The molecule has 1 heterocycles. The lowest BCUT2D eigenvalue weighted by Crippen LogP contribution is -2.25. The summed E-state index contributed by atoms with van der Waals surface area (Å²) in [6, 6.07) is 12.0. The van der Waals surface area contributed by atoms with E-state index < -0.39 is 11.8 Å². The van der Waals surface area contributed by atoms with Crippen LogP contribution >= 0.6 is 13.5 Å². The number of rotatable bonds is 11. The smallest absolute Gasteiger partial charge is 0.303 e. The maximum absolute atomic E-state index is 15.0. The van der Waals surface area contributed by atoms with Crippen molar-refractivity contribution in [3.05, 3.63) is 59.5 Å². The van der Waals surface area contributed by atoms with E-state index in [9.17, 15) is 9.90 Å². The van der Waals surface area contributed by atoms with Gasteiger partial charge in [-0.1, -0.05) is 45.0 Å². The molecule has 1 N–H and O–H groups in total. The first-order valence-corrected chi connectivity index (χ1v) is 13.9. The Morgan fingerprint density at radius 1 is 1.10 bits per heavy atom. The molecule has 0 saturated heterocycles. The van der Waals surface area contributed by atoms with Crippen LogP contribution in [0.25, 0.3) is 11.3 Å². The summed E-state index contributed by atoms with van der Waals surface area (Å²) in [6.07, 6.45) is 3.75. The molecule has 2 aromatic carbocycles. The highest BCUT2D eigenvalue weighted by atomic mass is 32.1. The third kappa shape index (κ3) is 6.66. The molecule has 0 aliphatic heterocycles. The standard InChI is InChI=1S/C32H38FNO6.H2S/c1-31(2)16-23(17-32(31,3)4)39-30-27(34-40-29(30)25-14-21(37-5)11-12-26(25)33)18-38-22-8-6-7-20(13-22)24(15-28(35)36)19-9-10-19;/h6-8,11-14,19,23-24H,9-10,15-18H2,1-5H3,(H,35,36);1H2/t24-;/m0./s1. The number of carbonyl (C=O) groups is 1. The van der Waals surface area contributed by atoms with Gasteiger partial charge in [0.1, 0.15) is 30.0 Å². The maximum Gasteiger partial charge on any atom is 0.303 e. The Bertz CT molecular complexity index is 1370. The Morgan fingerprint density at radius 2 is 1.80 bits per heavy atom. The molecule has 0 bridgehead atoms. The number of carboxylic acid groups (broad SMARTS) is 1. The highest BCUT2D eigenvalue weighted by Crippen LogP contribution is 2.53. The van der Waals surface area contributed by atoms with E-state index >= 15 is 4.39 Å². The first-order valence-electron chi connectivity index (χ1n) is 13.9. The van der Waals surface area contributed by atoms with E-state index in [1.54, 1.807) is 12.1 Å². The molecule has 0 spiro atoms. The first kappa shape index (κ1) is 30.8. The third-order valence-corrected chi connectivity index (χ3v) is 8.97. The SMILES string of the molecule is COc1ccc(F)c(-c2onc(COc3cccc([C@@H](CC(=O)O)C4CC4)c3)c2OC2CC(C)(C)C(C)(C)C2)c1.S. The van der Waals surface area contributed by atoms with Crippen molar-refractivity contribution in [1.82, 2.24) is 5.16 Å². The van der Waals surface area contributed by atoms with E-state index in [0.717, 1.165) is 31.2 Å². The van der Waals surface area contributed by atoms with E-state index in [1.165, 1.54) is 13.2 Å². The van der Waals surface area contributed by atoms with Gasteiger partial charge in [-0.05, 0) is 84.2 Å². The zero-order valence-electron chi connectivity index (χ0n) is 24.3. The van der Waals surface area contributed by atoms with E-state index in [-0.39, 0.29) is 60.7 Å². The minimum absolute atomic E-state index is 0. The van der Waals surface area contributed by atoms with Crippen LogP contribution in [0, 0.1) is 22.6 Å². The van der Waals surface area contributed by atoms with Gasteiger partial charge in [-0.25, -0.2) is 4.39 Å². The minimum Gasteiger partial charge on any atom is -0.497 e. The van der Waals surface area contributed by atoms with Crippen molar-refractivity contribution >= 4 is 19.5 Å². The lowest BCUT2D eigenvalue weighted by molar-refractivity contribution is -0.137. The van der Waals surface area contributed by atoms with Gasteiger partial charge < -0.3 is 23.8 Å². The average molecular weight is 586 g/mol. The average Bonchev–Trinajstić information content (AvgIpc) is 3.63. The second kappa shape index (κ2) is 12.0. The minimum atomic E-state index is -0.803. The number of hydrogen-bond donors (Lipinski definition) is 1. The maximum atomic E-state index is 15.0. The van der Waals surface area contributed by atoms with Gasteiger partial charge >= 0.3 is 5.97 Å². The van der Waals surface area contributed by atoms with Crippen molar-refractivity contribution in [3.8, 4) is 28.6 Å². The van der Waals surface area contributed by atoms with Gasteiger partial charge in [0, 0.05) is 0 Å². The van der Waals surface area contributed by atoms with Crippen LogP contribution in [0.4, 0.5) is 4.39 Å². The molecule has 2 fully saturated rings. The number of methoxy groups -OCH3 is 1. The largest absolute Gasteiger partial charge is 0.497 e. The van der Waals surface area contributed by atoms with E-state index in [2.05, 4.69) is 32.9 Å². The van der Waals surface area contributed by atoms with E-state index in [0.29, 0.717) is 28.9 Å². The summed E-state index contributed by atoms with van der Waals surface area (Å²) in [7, 11) is 1.52. The van der Waals surface area contributed by atoms with Crippen LogP contribution in [-0.2, 0) is 11.4 Å². The monoisotopic (exact) mass is 585 g/mol.